The smallest absolute Gasteiger partial charge is 0.0652 e. The molecule has 1 radical (unpaired) electrons. The maximum Gasteiger partial charge on any atom is 0.0661 e. The highest BCUT2D eigenvalue weighted by atomic mass is 28.3. The van der Waals surface area contributed by atoms with Crippen LogP contribution in [-0.2, 0) is 0 Å². The highest BCUT2D eigenvalue weighted by Crippen LogP contribution is 2.57. The van der Waals surface area contributed by atoms with Crippen molar-refractivity contribution in [1.82, 2.24) is 0 Å². The van der Waals surface area contributed by atoms with E-state index in [0.717, 1.165) is 0 Å². The predicted molar refractivity (Wildman–Crippen MR) is 78.8 cm³/mol. The molecule has 0 N–H and O–H groups in total. The molecule has 0 fully saturated rings. The van der Waals surface area contributed by atoms with Crippen LogP contribution < -0.4 is 0 Å². The first kappa shape index (κ1) is 16.2. The van der Waals surface area contributed by atoms with Crippen molar-refractivity contribution >= 4 is 8.80 Å². The summed E-state index contributed by atoms with van der Waals surface area (Å²) in [7, 11) is -0.426. The second-order valence-corrected chi connectivity index (χ2v) is 11.9. The first-order valence-corrected chi connectivity index (χ1v) is 8.43. The third-order valence-corrected chi connectivity index (χ3v) is 9.80. The molecule has 0 aliphatic rings. The summed E-state index contributed by atoms with van der Waals surface area (Å²) in [5, 5.41) is 1.59. The number of hydrogen-bond donors (Lipinski definition) is 0. The lowest BCUT2D eigenvalue weighted by atomic mass is 10.1. The summed E-state index contributed by atoms with van der Waals surface area (Å²) in [6, 6.07) is 0. The van der Waals surface area contributed by atoms with Crippen LogP contribution in [0, 0.1) is 0 Å². The van der Waals surface area contributed by atoms with Crippen LogP contribution in [0.3, 0.4) is 0 Å². The molecule has 1 heteroatoms. The summed E-state index contributed by atoms with van der Waals surface area (Å²) in [5.74, 6) is 0. The van der Waals surface area contributed by atoms with E-state index in [1.54, 1.807) is 0 Å². The maximum absolute atomic E-state index is 2.50. The van der Waals surface area contributed by atoms with Crippen LogP contribution in [-0.4, -0.2) is 8.80 Å². The molecular formula is C15H33Si. The summed E-state index contributed by atoms with van der Waals surface area (Å²) in [5.41, 5.74) is 0. The van der Waals surface area contributed by atoms with Gasteiger partial charge in [-0.1, -0.05) is 81.6 Å². The zero-order valence-electron chi connectivity index (χ0n) is 13.1. The minimum Gasteiger partial charge on any atom is -0.0652 e. The lowest BCUT2D eigenvalue weighted by Crippen LogP contribution is -2.45. The Hall–Kier alpha value is 0.217. The van der Waals surface area contributed by atoms with E-state index in [4.69, 9.17) is 0 Å². The Morgan fingerprint density at radius 2 is 0.750 bits per heavy atom. The standard InChI is InChI=1S/C15H33Si/c1-10-13(4,5)16(14(6,7)11-2)15(8,9)12-3/h10-12H2,1-9H3. The average Bonchev–Trinajstić information content (AvgIpc) is 2.16. The van der Waals surface area contributed by atoms with E-state index >= 15 is 0 Å². The molecule has 0 aromatic heterocycles. The Labute approximate surface area is 106 Å². The third kappa shape index (κ3) is 3.35. The largest absolute Gasteiger partial charge is 0.0661 e. The van der Waals surface area contributed by atoms with Gasteiger partial charge in [0.1, 0.15) is 0 Å². The van der Waals surface area contributed by atoms with Crippen molar-refractivity contribution in [2.24, 2.45) is 0 Å². The van der Waals surface area contributed by atoms with Crippen molar-refractivity contribution in [3.05, 3.63) is 0 Å². The summed E-state index contributed by atoms with van der Waals surface area (Å²) in [6.45, 7) is 22.1. The van der Waals surface area contributed by atoms with Gasteiger partial charge in [0.15, 0.2) is 0 Å². The van der Waals surface area contributed by atoms with E-state index in [1.807, 2.05) is 0 Å². The zero-order chi connectivity index (χ0) is 13.2. The second kappa shape index (κ2) is 5.24. The molecule has 0 spiro atoms. The lowest BCUT2D eigenvalue weighted by molar-refractivity contribution is 0.482. The Balaban J connectivity index is 5.40. The monoisotopic (exact) mass is 241 g/mol. The molecule has 0 atom stereocenters. The van der Waals surface area contributed by atoms with Gasteiger partial charge in [-0.3, -0.25) is 0 Å². The molecule has 0 saturated carbocycles. The summed E-state index contributed by atoms with van der Waals surface area (Å²) >= 11 is 0. The van der Waals surface area contributed by atoms with Crippen molar-refractivity contribution in [1.29, 1.82) is 0 Å². The fourth-order valence-corrected chi connectivity index (χ4v) is 9.84. The molecule has 0 nitrogen and oxygen atoms in total. The van der Waals surface area contributed by atoms with E-state index < -0.39 is 8.80 Å². The first-order chi connectivity index (χ1) is 7.05. The van der Waals surface area contributed by atoms with Crippen LogP contribution in [0.4, 0.5) is 0 Å². The normalized spacial score (nSPS) is 14.6. The van der Waals surface area contributed by atoms with Gasteiger partial charge in [-0.05, 0) is 15.1 Å². The van der Waals surface area contributed by atoms with Crippen LogP contribution in [0.15, 0.2) is 0 Å². The molecule has 0 aliphatic heterocycles. The molecule has 0 aromatic rings. The van der Waals surface area contributed by atoms with Gasteiger partial charge >= 0.3 is 0 Å². The van der Waals surface area contributed by atoms with Gasteiger partial charge in [0, 0.05) is 0 Å². The summed E-state index contributed by atoms with van der Waals surface area (Å²) in [6.07, 6.45) is 3.94. The van der Waals surface area contributed by atoms with E-state index in [9.17, 15) is 0 Å². The Morgan fingerprint density at radius 1 is 0.562 bits per heavy atom. The second-order valence-electron chi connectivity index (χ2n) is 7.09. The highest BCUT2D eigenvalue weighted by Gasteiger charge is 2.48. The summed E-state index contributed by atoms with van der Waals surface area (Å²) in [4.78, 5) is 0. The molecule has 0 aliphatic carbocycles. The van der Waals surface area contributed by atoms with Crippen molar-refractivity contribution in [2.75, 3.05) is 0 Å². The third-order valence-electron chi connectivity index (χ3n) is 4.68. The number of rotatable bonds is 6. The van der Waals surface area contributed by atoms with E-state index in [0.29, 0.717) is 15.1 Å². The van der Waals surface area contributed by atoms with Crippen molar-refractivity contribution in [2.45, 2.75) is 96.7 Å². The molecule has 0 saturated heterocycles. The molecular weight excluding hydrogens is 208 g/mol. The summed E-state index contributed by atoms with van der Waals surface area (Å²) < 4.78 is 0. The van der Waals surface area contributed by atoms with Crippen LogP contribution in [0.1, 0.15) is 81.6 Å². The molecule has 0 rings (SSSR count). The fourth-order valence-electron chi connectivity index (χ4n) is 3.28. The quantitative estimate of drug-likeness (QED) is 0.496. The van der Waals surface area contributed by atoms with Gasteiger partial charge in [-0.15, -0.1) is 0 Å². The Bertz CT molecular complexity index is 175. The average molecular weight is 242 g/mol. The molecule has 0 amide bonds. The van der Waals surface area contributed by atoms with Gasteiger partial charge in [-0.2, -0.15) is 0 Å². The van der Waals surface area contributed by atoms with Gasteiger partial charge in [0.2, 0.25) is 0 Å². The van der Waals surface area contributed by atoms with Crippen LogP contribution in [0.5, 0.6) is 0 Å². The van der Waals surface area contributed by atoms with Crippen molar-refractivity contribution < 1.29 is 0 Å². The fraction of sp³-hybridized carbons (Fsp3) is 1.00. The van der Waals surface area contributed by atoms with Crippen LogP contribution in [0.25, 0.3) is 0 Å². The first-order valence-electron chi connectivity index (χ1n) is 6.93. The predicted octanol–water partition coefficient (Wildman–Crippen LogP) is 6.05. The van der Waals surface area contributed by atoms with E-state index in [2.05, 4.69) is 62.3 Å². The topological polar surface area (TPSA) is 0 Å². The van der Waals surface area contributed by atoms with Crippen molar-refractivity contribution in [3.63, 3.8) is 0 Å². The van der Waals surface area contributed by atoms with E-state index in [-0.39, 0.29) is 0 Å². The molecule has 0 aromatic carbocycles. The Morgan fingerprint density at radius 3 is 0.875 bits per heavy atom. The van der Waals surface area contributed by atoms with Crippen LogP contribution >= 0.6 is 0 Å². The Kier molecular flexibility index (Phi) is 5.32. The minimum absolute atomic E-state index is 0.426. The molecule has 0 heterocycles. The number of hydrogen-bond acceptors (Lipinski definition) is 0. The molecule has 97 valence electrons. The lowest BCUT2D eigenvalue weighted by Gasteiger charge is -2.51. The molecule has 0 bridgehead atoms. The van der Waals surface area contributed by atoms with Gasteiger partial charge in [-0.25, -0.2) is 0 Å². The molecule has 16 heavy (non-hydrogen) atoms. The highest BCUT2D eigenvalue weighted by molar-refractivity contribution is 6.68. The van der Waals surface area contributed by atoms with E-state index in [1.165, 1.54) is 19.3 Å². The minimum atomic E-state index is -0.426. The molecule has 0 unspecified atom stereocenters. The van der Waals surface area contributed by atoms with Gasteiger partial charge in [0.05, 0.1) is 8.80 Å². The van der Waals surface area contributed by atoms with Crippen LogP contribution in [0.2, 0.25) is 15.1 Å². The van der Waals surface area contributed by atoms with Gasteiger partial charge in [0.25, 0.3) is 0 Å². The van der Waals surface area contributed by atoms with Crippen molar-refractivity contribution in [3.8, 4) is 0 Å². The maximum atomic E-state index is 2.50. The SMILES string of the molecule is CCC(C)(C)[Si](C(C)(C)CC)C(C)(C)CC. The van der Waals surface area contributed by atoms with Gasteiger partial charge < -0.3 is 0 Å². The zero-order valence-corrected chi connectivity index (χ0v) is 14.1.